The average Bonchev–Trinajstić information content (AvgIpc) is 2.68. The van der Waals surface area contributed by atoms with E-state index in [1.165, 1.54) is 9.80 Å². The van der Waals surface area contributed by atoms with Gasteiger partial charge in [0, 0.05) is 24.5 Å². The maximum absolute atomic E-state index is 12.6. The number of hydrogen-bond acceptors (Lipinski definition) is 2. The second kappa shape index (κ2) is 10.1. The molecule has 0 saturated heterocycles. The van der Waals surface area contributed by atoms with E-state index in [1.807, 2.05) is 24.3 Å². The molecule has 0 saturated carbocycles. The van der Waals surface area contributed by atoms with Crippen molar-refractivity contribution in [3.8, 4) is 0 Å². The van der Waals surface area contributed by atoms with E-state index in [9.17, 15) is 26.3 Å². The molecule has 8 heteroatoms. The second-order valence-corrected chi connectivity index (χ2v) is 7.09. The van der Waals surface area contributed by atoms with Crippen LogP contribution in [0.15, 0.2) is 48.5 Å². The highest BCUT2D eigenvalue weighted by molar-refractivity contribution is 5.49. The van der Waals surface area contributed by atoms with Crippen LogP contribution in [0.3, 0.4) is 0 Å². The third-order valence-electron chi connectivity index (χ3n) is 4.81. The standard InChI is InChI=1S/C22H26F6N2/c1-3-29(15-21(23,24)25)19-11-7-17(8-12-19)5-6-18-9-13-20(14-10-18)30(4-2)16-22(26,27)28/h7-14H,3-6,15-16H2,1-2H3. The topological polar surface area (TPSA) is 6.48 Å². The lowest BCUT2D eigenvalue weighted by Gasteiger charge is -2.24. The first-order valence-electron chi connectivity index (χ1n) is 9.82. The number of anilines is 2. The highest BCUT2D eigenvalue weighted by atomic mass is 19.4. The van der Waals surface area contributed by atoms with Gasteiger partial charge in [-0.1, -0.05) is 24.3 Å². The Kier molecular flexibility index (Phi) is 8.03. The fourth-order valence-corrected chi connectivity index (χ4v) is 3.24. The molecule has 0 fully saturated rings. The monoisotopic (exact) mass is 432 g/mol. The van der Waals surface area contributed by atoms with Crippen LogP contribution in [0.1, 0.15) is 25.0 Å². The minimum Gasteiger partial charge on any atom is -0.363 e. The van der Waals surface area contributed by atoms with Crippen LogP contribution in [0.5, 0.6) is 0 Å². The van der Waals surface area contributed by atoms with Gasteiger partial charge < -0.3 is 9.80 Å². The van der Waals surface area contributed by atoms with Gasteiger partial charge >= 0.3 is 12.4 Å². The van der Waals surface area contributed by atoms with Crippen LogP contribution >= 0.6 is 0 Å². The molecule has 0 bridgehead atoms. The maximum Gasteiger partial charge on any atom is 0.405 e. The van der Waals surface area contributed by atoms with Crippen LogP contribution in [0.2, 0.25) is 0 Å². The predicted octanol–water partition coefficient (Wildman–Crippen LogP) is 6.25. The summed E-state index contributed by atoms with van der Waals surface area (Å²) in [6, 6.07) is 14.0. The van der Waals surface area contributed by atoms with Crippen LogP contribution < -0.4 is 9.80 Å². The van der Waals surface area contributed by atoms with Gasteiger partial charge in [0.15, 0.2) is 0 Å². The van der Waals surface area contributed by atoms with Crippen LogP contribution in [-0.4, -0.2) is 38.5 Å². The molecular weight excluding hydrogens is 406 g/mol. The molecule has 0 radical (unpaired) electrons. The molecule has 0 unspecified atom stereocenters. The number of aryl methyl sites for hydroxylation is 2. The molecule has 0 aliphatic rings. The molecule has 30 heavy (non-hydrogen) atoms. The van der Waals surface area contributed by atoms with Gasteiger partial charge in [0.1, 0.15) is 13.1 Å². The zero-order valence-corrected chi connectivity index (χ0v) is 17.0. The maximum atomic E-state index is 12.6. The Bertz CT molecular complexity index is 699. The summed E-state index contributed by atoms with van der Waals surface area (Å²) >= 11 is 0. The number of benzene rings is 2. The molecule has 2 nitrogen and oxygen atoms in total. The third-order valence-corrected chi connectivity index (χ3v) is 4.81. The Morgan fingerprint density at radius 3 is 1.10 bits per heavy atom. The summed E-state index contributed by atoms with van der Waals surface area (Å²) in [6.45, 7) is 1.90. The molecule has 0 aliphatic heterocycles. The van der Waals surface area contributed by atoms with Crippen molar-refractivity contribution in [3.63, 3.8) is 0 Å². The molecular formula is C22H26F6N2. The molecule has 0 spiro atoms. The van der Waals surface area contributed by atoms with Crippen molar-refractivity contribution in [1.29, 1.82) is 0 Å². The fourth-order valence-electron chi connectivity index (χ4n) is 3.24. The summed E-state index contributed by atoms with van der Waals surface area (Å²) in [4.78, 5) is 2.53. The van der Waals surface area contributed by atoms with Crippen molar-refractivity contribution >= 4 is 11.4 Å². The van der Waals surface area contributed by atoms with Gasteiger partial charge in [0.05, 0.1) is 0 Å². The number of nitrogens with zero attached hydrogens (tertiary/aromatic N) is 2. The third kappa shape index (κ3) is 7.80. The largest absolute Gasteiger partial charge is 0.405 e. The lowest BCUT2D eigenvalue weighted by molar-refractivity contribution is -0.120. The van der Waals surface area contributed by atoms with Crippen LogP contribution in [0.25, 0.3) is 0 Å². The van der Waals surface area contributed by atoms with Crippen molar-refractivity contribution in [3.05, 3.63) is 59.7 Å². The van der Waals surface area contributed by atoms with Gasteiger partial charge in [-0.15, -0.1) is 0 Å². The summed E-state index contributed by atoms with van der Waals surface area (Å²) in [5.41, 5.74) is 3.01. The van der Waals surface area contributed by atoms with Gasteiger partial charge in [-0.2, -0.15) is 26.3 Å². The van der Waals surface area contributed by atoms with E-state index < -0.39 is 25.4 Å². The van der Waals surface area contributed by atoms with Gasteiger partial charge in [0.2, 0.25) is 0 Å². The second-order valence-electron chi connectivity index (χ2n) is 7.09. The molecule has 0 aromatic heterocycles. The molecule has 166 valence electrons. The Hall–Kier alpha value is -2.38. The Morgan fingerprint density at radius 1 is 0.567 bits per heavy atom. The molecule has 0 amide bonds. The number of hydrogen-bond donors (Lipinski definition) is 0. The summed E-state index contributed by atoms with van der Waals surface area (Å²) in [5.74, 6) is 0. The smallest absolute Gasteiger partial charge is 0.363 e. The molecule has 2 aromatic rings. The quantitative estimate of drug-likeness (QED) is 0.432. The summed E-state index contributed by atoms with van der Waals surface area (Å²) < 4.78 is 75.9. The molecule has 0 N–H and O–H groups in total. The van der Waals surface area contributed by atoms with E-state index in [1.54, 1.807) is 38.1 Å². The minimum absolute atomic E-state index is 0.258. The van der Waals surface area contributed by atoms with Crippen molar-refractivity contribution in [1.82, 2.24) is 0 Å². The van der Waals surface area contributed by atoms with E-state index in [0.717, 1.165) is 11.1 Å². The van der Waals surface area contributed by atoms with E-state index in [0.29, 0.717) is 24.2 Å². The Balaban J connectivity index is 1.95. The molecule has 2 aromatic carbocycles. The molecule has 0 heterocycles. The summed E-state index contributed by atoms with van der Waals surface area (Å²) in [7, 11) is 0. The van der Waals surface area contributed by atoms with Crippen LogP contribution in [0.4, 0.5) is 37.7 Å². The van der Waals surface area contributed by atoms with Gasteiger partial charge in [-0.05, 0) is 62.1 Å². The van der Waals surface area contributed by atoms with Gasteiger partial charge in [-0.25, -0.2) is 0 Å². The van der Waals surface area contributed by atoms with Crippen molar-refractivity contribution in [2.75, 3.05) is 36.0 Å². The highest BCUT2D eigenvalue weighted by Crippen LogP contribution is 2.24. The van der Waals surface area contributed by atoms with Crippen molar-refractivity contribution in [2.45, 2.75) is 39.0 Å². The van der Waals surface area contributed by atoms with E-state index in [4.69, 9.17) is 0 Å². The summed E-state index contributed by atoms with van der Waals surface area (Å²) in [6.07, 6.45) is -7.14. The highest BCUT2D eigenvalue weighted by Gasteiger charge is 2.31. The summed E-state index contributed by atoms with van der Waals surface area (Å²) in [5, 5.41) is 0. The van der Waals surface area contributed by atoms with E-state index in [2.05, 4.69) is 0 Å². The minimum atomic E-state index is -4.26. The molecule has 0 atom stereocenters. The average molecular weight is 432 g/mol. The normalized spacial score (nSPS) is 12.1. The lowest BCUT2D eigenvalue weighted by Crippen LogP contribution is -2.34. The van der Waals surface area contributed by atoms with Crippen LogP contribution in [-0.2, 0) is 12.8 Å². The van der Waals surface area contributed by atoms with Crippen molar-refractivity contribution in [2.24, 2.45) is 0 Å². The Morgan fingerprint density at radius 2 is 0.867 bits per heavy atom. The molecule has 2 rings (SSSR count). The molecule has 0 aliphatic carbocycles. The lowest BCUT2D eigenvalue weighted by atomic mass is 10.0. The number of halogens is 6. The van der Waals surface area contributed by atoms with Gasteiger partial charge in [0.25, 0.3) is 0 Å². The first kappa shape index (κ1) is 23.9. The Labute approximate surface area is 173 Å². The SMILES string of the molecule is CCN(CC(F)(F)F)c1ccc(CCc2ccc(N(CC)CC(F)(F)F)cc2)cc1. The van der Waals surface area contributed by atoms with E-state index in [-0.39, 0.29) is 13.1 Å². The zero-order valence-electron chi connectivity index (χ0n) is 17.0. The van der Waals surface area contributed by atoms with Crippen molar-refractivity contribution < 1.29 is 26.3 Å². The number of alkyl halides is 6. The van der Waals surface area contributed by atoms with Gasteiger partial charge in [-0.3, -0.25) is 0 Å². The first-order valence-corrected chi connectivity index (χ1v) is 9.82. The fraction of sp³-hybridized carbons (Fsp3) is 0.455. The first-order chi connectivity index (χ1) is 14.0. The van der Waals surface area contributed by atoms with Crippen LogP contribution in [0, 0.1) is 0 Å². The zero-order chi connectivity index (χ0) is 22.4. The number of rotatable bonds is 9. The predicted molar refractivity (Wildman–Crippen MR) is 108 cm³/mol. The van der Waals surface area contributed by atoms with E-state index >= 15 is 0 Å².